The number of aromatic nitrogens is 3. The molecule has 3 heterocycles. The van der Waals surface area contributed by atoms with E-state index >= 15 is 0 Å². The Bertz CT molecular complexity index is 738. The van der Waals surface area contributed by atoms with Gasteiger partial charge in [-0.15, -0.1) is 11.3 Å². The number of aryl methyl sites for hydroxylation is 1. The Morgan fingerprint density at radius 2 is 2.04 bits per heavy atom. The molecular weight excluding hydrogens is 308 g/mol. The van der Waals surface area contributed by atoms with E-state index in [4.69, 9.17) is 0 Å². The fraction of sp³-hybridized carbons (Fsp3) is 0.588. The number of rotatable bonds is 4. The summed E-state index contributed by atoms with van der Waals surface area (Å²) in [4.78, 5) is 20.0. The fourth-order valence-electron chi connectivity index (χ4n) is 2.84. The first-order valence-electron chi connectivity index (χ1n) is 8.03. The second kappa shape index (κ2) is 6.17. The number of nitrogens with zero attached hydrogens (tertiary/aromatic N) is 4. The molecule has 1 saturated heterocycles. The average molecular weight is 332 g/mol. The highest BCUT2D eigenvalue weighted by Gasteiger charge is 2.28. The van der Waals surface area contributed by atoms with E-state index in [1.165, 1.54) is 4.88 Å². The summed E-state index contributed by atoms with van der Waals surface area (Å²) in [6, 6.07) is 3.49. The minimum Gasteiger partial charge on any atom is -0.297 e. The first-order valence-corrected chi connectivity index (χ1v) is 8.85. The minimum atomic E-state index is -0.0366. The molecule has 1 fully saturated rings. The molecule has 0 bridgehead atoms. The van der Waals surface area contributed by atoms with Gasteiger partial charge in [0.2, 0.25) is 0 Å². The van der Waals surface area contributed by atoms with Crippen LogP contribution < -0.4 is 5.56 Å². The van der Waals surface area contributed by atoms with Gasteiger partial charge >= 0.3 is 0 Å². The second-order valence-corrected chi connectivity index (χ2v) is 8.71. The van der Waals surface area contributed by atoms with Crippen molar-refractivity contribution in [2.24, 2.45) is 5.92 Å². The first-order chi connectivity index (χ1) is 10.8. The van der Waals surface area contributed by atoms with Crippen LogP contribution in [0.1, 0.15) is 36.3 Å². The van der Waals surface area contributed by atoms with Crippen LogP contribution in [-0.4, -0.2) is 32.8 Å². The zero-order chi connectivity index (χ0) is 16.6. The molecule has 23 heavy (non-hydrogen) atoms. The summed E-state index contributed by atoms with van der Waals surface area (Å²) in [6.07, 6.45) is 1.96. The van der Waals surface area contributed by atoms with Crippen LogP contribution in [0.25, 0.3) is 0 Å². The maximum Gasteiger partial charge on any atom is 0.266 e. The molecule has 5 nitrogen and oxygen atoms in total. The van der Waals surface area contributed by atoms with Crippen molar-refractivity contribution >= 4 is 11.3 Å². The molecule has 1 aliphatic heterocycles. The lowest BCUT2D eigenvalue weighted by atomic mass is 9.92. The maximum atomic E-state index is 12.0. The lowest BCUT2D eigenvalue weighted by Crippen LogP contribution is -2.48. The van der Waals surface area contributed by atoms with E-state index in [1.54, 1.807) is 22.1 Å². The van der Waals surface area contributed by atoms with Gasteiger partial charge in [-0.2, -0.15) is 5.10 Å². The zero-order valence-electron chi connectivity index (χ0n) is 14.2. The van der Waals surface area contributed by atoms with Crippen molar-refractivity contribution in [2.75, 3.05) is 13.1 Å². The van der Waals surface area contributed by atoms with Crippen LogP contribution in [0.2, 0.25) is 0 Å². The highest BCUT2D eigenvalue weighted by Crippen LogP contribution is 2.23. The van der Waals surface area contributed by atoms with Crippen LogP contribution in [-0.2, 0) is 18.5 Å². The van der Waals surface area contributed by atoms with Crippen molar-refractivity contribution in [3.63, 3.8) is 0 Å². The van der Waals surface area contributed by atoms with Gasteiger partial charge in [0, 0.05) is 48.1 Å². The Hall–Kier alpha value is -1.53. The highest BCUT2D eigenvalue weighted by molar-refractivity contribution is 7.11. The van der Waals surface area contributed by atoms with Gasteiger partial charge in [-0.1, -0.05) is 20.8 Å². The fourth-order valence-corrected chi connectivity index (χ4v) is 3.68. The first kappa shape index (κ1) is 16.3. The summed E-state index contributed by atoms with van der Waals surface area (Å²) in [5, 5.41) is 5.67. The molecular formula is C17H24N4OS. The molecule has 0 N–H and O–H groups in total. The van der Waals surface area contributed by atoms with E-state index in [9.17, 15) is 4.79 Å². The summed E-state index contributed by atoms with van der Waals surface area (Å²) < 4.78 is 1.64. The van der Waals surface area contributed by atoms with Crippen LogP contribution in [0.5, 0.6) is 0 Å². The summed E-state index contributed by atoms with van der Waals surface area (Å²) >= 11 is 1.76. The lowest BCUT2D eigenvalue weighted by Gasteiger charge is -2.39. The molecule has 0 spiro atoms. The third-order valence-electron chi connectivity index (χ3n) is 4.15. The summed E-state index contributed by atoms with van der Waals surface area (Å²) in [5.74, 6) is 0.504. The molecule has 1 aliphatic rings. The van der Waals surface area contributed by atoms with Crippen LogP contribution in [0, 0.1) is 12.8 Å². The molecule has 2 aromatic rings. The molecule has 3 rings (SSSR count). The minimum absolute atomic E-state index is 0.00506. The van der Waals surface area contributed by atoms with Gasteiger partial charge in [0.05, 0.1) is 17.2 Å². The molecule has 124 valence electrons. The monoisotopic (exact) mass is 332 g/mol. The lowest BCUT2D eigenvalue weighted by molar-refractivity contribution is 0.0773. The smallest absolute Gasteiger partial charge is 0.266 e. The van der Waals surface area contributed by atoms with E-state index in [0.717, 1.165) is 30.3 Å². The Kier molecular flexibility index (Phi) is 4.38. The standard InChI is InChI=1S/C17H24N4OS/c1-12-18-7-14(23-12)11-20-8-13(9-20)10-21-16(22)6-5-15(19-21)17(2,3)4/h5-7,13H,8-11H2,1-4H3. The maximum absolute atomic E-state index is 12.0. The van der Waals surface area contributed by atoms with E-state index in [2.05, 4.69) is 35.8 Å². The summed E-state index contributed by atoms with van der Waals surface area (Å²) in [5.41, 5.74) is 0.924. The topological polar surface area (TPSA) is 51.0 Å². The van der Waals surface area contributed by atoms with E-state index in [0.29, 0.717) is 12.5 Å². The third kappa shape index (κ3) is 3.87. The van der Waals surface area contributed by atoms with Crippen molar-refractivity contribution in [1.82, 2.24) is 19.7 Å². The molecule has 0 amide bonds. The van der Waals surface area contributed by atoms with Gasteiger partial charge in [-0.05, 0) is 13.0 Å². The summed E-state index contributed by atoms with van der Waals surface area (Å²) in [6.45, 7) is 12.1. The average Bonchev–Trinajstić information content (AvgIpc) is 2.82. The number of thiazole rings is 1. The number of hydrogen-bond donors (Lipinski definition) is 0. The van der Waals surface area contributed by atoms with E-state index < -0.39 is 0 Å². The van der Waals surface area contributed by atoms with E-state index in [-0.39, 0.29) is 11.0 Å². The summed E-state index contributed by atoms with van der Waals surface area (Å²) in [7, 11) is 0. The van der Waals surface area contributed by atoms with Crippen LogP contribution in [0.15, 0.2) is 23.1 Å². The van der Waals surface area contributed by atoms with Crippen molar-refractivity contribution in [1.29, 1.82) is 0 Å². The van der Waals surface area contributed by atoms with Gasteiger partial charge in [-0.25, -0.2) is 9.67 Å². The van der Waals surface area contributed by atoms with Crippen LogP contribution in [0.3, 0.4) is 0 Å². The Balaban J connectivity index is 1.58. The highest BCUT2D eigenvalue weighted by atomic mass is 32.1. The molecule has 0 saturated carbocycles. The van der Waals surface area contributed by atoms with Gasteiger partial charge in [-0.3, -0.25) is 9.69 Å². The molecule has 0 unspecified atom stereocenters. The Morgan fingerprint density at radius 1 is 1.30 bits per heavy atom. The van der Waals surface area contributed by atoms with Gasteiger partial charge in [0.1, 0.15) is 0 Å². The third-order valence-corrected chi connectivity index (χ3v) is 5.05. The quantitative estimate of drug-likeness (QED) is 0.863. The SMILES string of the molecule is Cc1ncc(CN2CC(Cn3nc(C(C)(C)C)ccc3=O)C2)s1. The van der Waals surface area contributed by atoms with Crippen LogP contribution >= 0.6 is 11.3 Å². The zero-order valence-corrected chi connectivity index (χ0v) is 15.1. The molecule has 2 aromatic heterocycles. The van der Waals surface area contributed by atoms with Crippen molar-refractivity contribution < 1.29 is 0 Å². The predicted molar refractivity (Wildman–Crippen MR) is 92.8 cm³/mol. The van der Waals surface area contributed by atoms with Crippen LogP contribution in [0.4, 0.5) is 0 Å². The molecule has 0 aliphatic carbocycles. The van der Waals surface area contributed by atoms with E-state index in [1.807, 2.05) is 19.2 Å². The predicted octanol–water partition coefficient (Wildman–Crippen LogP) is 2.44. The van der Waals surface area contributed by atoms with Crippen molar-refractivity contribution in [2.45, 2.75) is 46.2 Å². The largest absolute Gasteiger partial charge is 0.297 e. The normalized spacial score (nSPS) is 16.5. The van der Waals surface area contributed by atoms with Crippen molar-refractivity contribution in [3.8, 4) is 0 Å². The number of likely N-dealkylation sites (tertiary alicyclic amines) is 1. The Morgan fingerprint density at radius 3 is 2.65 bits per heavy atom. The van der Waals surface area contributed by atoms with Gasteiger partial charge in [0.15, 0.2) is 0 Å². The van der Waals surface area contributed by atoms with Gasteiger partial charge in [0.25, 0.3) is 5.56 Å². The van der Waals surface area contributed by atoms with Crippen molar-refractivity contribution in [3.05, 3.63) is 44.3 Å². The second-order valence-electron chi connectivity index (χ2n) is 7.39. The molecule has 6 heteroatoms. The van der Waals surface area contributed by atoms with Gasteiger partial charge < -0.3 is 0 Å². The number of hydrogen-bond acceptors (Lipinski definition) is 5. The Labute approximate surface area is 141 Å². The molecule has 0 aromatic carbocycles. The molecule has 0 radical (unpaired) electrons. The molecule has 0 atom stereocenters.